The largest absolute Gasteiger partial charge is 0.384 e. The molecule has 3 aromatic heterocycles. The van der Waals surface area contributed by atoms with Gasteiger partial charge in [0.25, 0.3) is 0 Å². The van der Waals surface area contributed by atoms with Crippen molar-refractivity contribution >= 4 is 34.0 Å². The van der Waals surface area contributed by atoms with E-state index >= 15 is 0 Å². The van der Waals surface area contributed by atoms with Crippen LogP contribution < -0.4 is 11.1 Å². The van der Waals surface area contributed by atoms with E-state index in [0.29, 0.717) is 11.8 Å². The van der Waals surface area contributed by atoms with Crippen molar-refractivity contribution in [3.8, 4) is 11.3 Å². The van der Waals surface area contributed by atoms with Crippen LogP contribution in [-0.4, -0.2) is 19.6 Å². The zero-order valence-corrected chi connectivity index (χ0v) is 14.4. The number of nitrogens with two attached hydrogens (primary N) is 1. The second kappa shape index (κ2) is 6.10. The highest BCUT2D eigenvalue weighted by molar-refractivity contribution is 5.84. The summed E-state index contributed by atoms with van der Waals surface area (Å²) in [6.07, 6.45) is 0. The first kappa shape index (κ1) is 15.3. The van der Waals surface area contributed by atoms with E-state index in [0.717, 1.165) is 33.5 Å². The molecule has 3 heterocycles. The summed E-state index contributed by atoms with van der Waals surface area (Å²) in [7, 11) is 0. The molecule has 27 heavy (non-hydrogen) atoms. The molecule has 0 aliphatic heterocycles. The number of hydrogen-bond acceptors (Lipinski definition) is 5. The Bertz CT molecular complexity index is 1260. The van der Waals surface area contributed by atoms with E-state index in [-0.39, 0.29) is 0 Å². The first-order valence-corrected chi connectivity index (χ1v) is 8.61. The number of nitrogens with zero attached hydrogens (tertiary/aromatic N) is 4. The van der Waals surface area contributed by atoms with Crippen LogP contribution in [0.25, 0.3) is 27.8 Å². The highest BCUT2D eigenvalue weighted by Gasteiger charge is 2.09. The van der Waals surface area contributed by atoms with Gasteiger partial charge in [-0.1, -0.05) is 36.4 Å². The second-order valence-electron chi connectivity index (χ2n) is 6.25. The molecular weight excluding hydrogens is 336 g/mol. The molecule has 0 unspecified atom stereocenters. The van der Waals surface area contributed by atoms with Crippen molar-refractivity contribution in [1.82, 2.24) is 19.6 Å². The fourth-order valence-corrected chi connectivity index (χ4v) is 3.13. The third-order valence-corrected chi connectivity index (χ3v) is 4.40. The molecule has 0 amide bonds. The minimum Gasteiger partial charge on any atom is -0.384 e. The molecular formula is C21H16N6. The van der Waals surface area contributed by atoms with Crippen molar-refractivity contribution in [3.63, 3.8) is 0 Å². The number of benzene rings is 2. The number of hydrogen-bond donors (Lipinski definition) is 2. The monoisotopic (exact) mass is 352 g/mol. The molecule has 5 aromatic rings. The second-order valence-corrected chi connectivity index (χ2v) is 6.25. The first-order valence-electron chi connectivity index (χ1n) is 8.61. The van der Waals surface area contributed by atoms with Gasteiger partial charge in [0.1, 0.15) is 5.82 Å². The van der Waals surface area contributed by atoms with Gasteiger partial charge in [-0.2, -0.15) is 4.98 Å². The highest BCUT2D eigenvalue weighted by atomic mass is 15.4. The molecule has 0 bridgehead atoms. The summed E-state index contributed by atoms with van der Waals surface area (Å²) in [5, 5.41) is 8.92. The topological polar surface area (TPSA) is 81.1 Å². The average molecular weight is 352 g/mol. The summed E-state index contributed by atoms with van der Waals surface area (Å²) in [5.41, 5.74) is 10.4. The maximum Gasteiger partial charge on any atom is 0.247 e. The number of nitrogen functional groups attached to an aromatic ring is 1. The molecule has 0 fully saturated rings. The Morgan fingerprint density at radius 2 is 1.70 bits per heavy atom. The van der Waals surface area contributed by atoms with Gasteiger partial charge in [0.2, 0.25) is 5.95 Å². The minimum atomic E-state index is 0.513. The van der Waals surface area contributed by atoms with Crippen molar-refractivity contribution in [1.29, 1.82) is 0 Å². The van der Waals surface area contributed by atoms with Crippen LogP contribution in [0.15, 0.2) is 78.9 Å². The van der Waals surface area contributed by atoms with Crippen LogP contribution in [-0.2, 0) is 0 Å². The Labute approximate surface area is 155 Å². The normalized spacial score (nSPS) is 11.1. The highest BCUT2D eigenvalue weighted by Crippen LogP contribution is 2.23. The summed E-state index contributed by atoms with van der Waals surface area (Å²) in [6.45, 7) is 0. The number of aromatic nitrogens is 4. The molecule has 0 atom stereocenters. The van der Waals surface area contributed by atoms with Crippen LogP contribution in [0.2, 0.25) is 0 Å². The van der Waals surface area contributed by atoms with Gasteiger partial charge in [0.15, 0.2) is 5.65 Å². The lowest BCUT2D eigenvalue weighted by molar-refractivity contribution is 0.973. The van der Waals surface area contributed by atoms with Gasteiger partial charge in [0.05, 0.1) is 11.2 Å². The maximum absolute atomic E-state index is 5.74. The summed E-state index contributed by atoms with van der Waals surface area (Å²) < 4.78 is 1.85. The lowest BCUT2D eigenvalue weighted by atomic mass is 10.1. The SMILES string of the molecule is Nc1ccc2cc(Nc3nc4cccc(-c5ccccc5)n4n3)ccc2n1. The van der Waals surface area contributed by atoms with Gasteiger partial charge < -0.3 is 11.1 Å². The Morgan fingerprint density at radius 1 is 0.815 bits per heavy atom. The maximum atomic E-state index is 5.74. The van der Waals surface area contributed by atoms with E-state index in [1.807, 2.05) is 65.2 Å². The lowest BCUT2D eigenvalue weighted by Crippen LogP contribution is -1.96. The third kappa shape index (κ3) is 2.83. The lowest BCUT2D eigenvalue weighted by Gasteiger charge is -2.04. The van der Waals surface area contributed by atoms with E-state index < -0.39 is 0 Å². The predicted octanol–water partition coefficient (Wildman–Crippen LogP) is 4.27. The Hall–Kier alpha value is -3.93. The summed E-state index contributed by atoms with van der Waals surface area (Å²) in [6, 6.07) is 25.7. The summed E-state index contributed by atoms with van der Waals surface area (Å²) in [4.78, 5) is 8.91. The van der Waals surface area contributed by atoms with E-state index in [1.54, 1.807) is 6.07 Å². The Kier molecular flexibility index (Phi) is 3.47. The number of rotatable bonds is 3. The van der Waals surface area contributed by atoms with Crippen molar-refractivity contribution in [2.75, 3.05) is 11.1 Å². The molecule has 6 nitrogen and oxygen atoms in total. The van der Waals surface area contributed by atoms with Gasteiger partial charge in [0, 0.05) is 16.6 Å². The van der Waals surface area contributed by atoms with E-state index in [1.165, 1.54) is 0 Å². The van der Waals surface area contributed by atoms with Crippen LogP contribution in [0.1, 0.15) is 0 Å². The fourth-order valence-electron chi connectivity index (χ4n) is 3.13. The Morgan fingerprint density at radius 3 is 2.59 bits per heavy atom. The molecule has 0 saturated heterocycles. The van der Waals surface area contributed by atoms with E-state index in [9.17, 15) is 0 Å². The third-order valence-electron chi connectivity index (χ3n) is 4.40. The summed E-state index contributed by atoms with van der Waals surface area (Å²) in [5.74, 6) is 1.06. The number of anilines is 3. The van der Waals surface area contributed by atoms with Gasteiger partial charge in [-0.15, -0.1) is 5.10 Å². The van der Waals surface area contributed by atoms with Crippen molar-refractivity contribution in [3.05, 3.63) is 78.9 Å². The molecule has 2 aromatic carbocycles. The molecule has 3 N–H and O–H groups in total. The quantitative estimate of drug-likeness (QED) is 0.507. The van der Waals surface area contributed by atoms with Crippen LogP contribution in [0, 0.1) is 0 Å². The molecule has 5 rings (SSSR count). The number of fused-ring (bicyclic) bond motifs is 2. The van der Waals surface area contributed by atoms with Gasteiger partial charge in [-0.25, -0.2) is 9.50 Å². The van der Waals surface area contributed by atoms with Gasteiger partial charge in [-0.3, -0.25) is 0 Å². The van der Waals surface area contributed by atoms with Crippen molar-refractivity contribution < 1.29 is 0 Å². The predicted molar refractivity (Wildman–Crippen MR) is 108 cm³/mol. The minimum absolute atomic E-state index is 0.513. The van der Waals surface area contributed by atoms with Crippen LogP contribution in [0.3, 0.4) is 0 Å². The van der Waals surface area contributed by atoms with Gasteiger partial charge >= 0.3 is 0 Å². The molecule has 0 aliphatic carbocycles. The smallest absolute Gasteiger partial charge is 0.247 e. The molecule has 130 valence electrons. The molecule has 0 radical (unpaired) electrons. The fraction of sp³-hybridized carbons (Fsp3) is 0. The van der Waals surface area contributed by atoms with Crippen LogP contribution in [0.5, 0.6) is 0 Å². The van der Waals surface area contributed by atoms with E-state index in [4.69, 9.17) is 5.73 Å². The molecule has 0 aliphatic rings. The number of pyridine rings is 2. The average Bonchev–Trinajstić information content (AvgIpc) is 3.11. The zero-order chi connectivity index (χ0) is 18.2. The van der Waals surface area contributed by atoms with Crippen LogP contribution in [0.4, 0.5) is 17.5 Å². The van der Waals surface area contributed by atoms with E-state index in [2.05, 4.69) is 32.5 Å². The zero-order valence-electron chi connectivity index (χ0n) is 14.4. The summed E-state index contributed by atoms with van der Waals surface area (Å²) >= 11 is 0. The van der Waals surface area contributed by atoms with Gasteiger partial charge in [-0.05, 0) is 42.5 Å². The molecule has 6 heteroatoms. The van der Waals surface area contributed by atoms with Crippen molar-refractivity contribution in [2.45, 2.75) is 0 Å². The number of nitrogens with one attached hydrogen (secondary N) is 1. The molecule has 0 saturated carbocycles. The van der Waals surface area contributed by atoms with Crippen molar-refractivity contribution in [2.24, 2.45) is 0 Å². The van der Waals surface area contributed by atoms with Crippen LogP contribution >= 0.6 is 0 Å². The Balaban J connectivity index is 1.53. The first-order chi connectivity index (χ1) is 13.3. The molecule has 0 spiro atoms. The standard InChI is InChI=1S/C21H16N6/c22-19-12-9-15-13-16(10-11-17(15)24-19)23-21-25-20-8-4-7-18(27(20)26-21)14-5-2-1-3-6-14/h1-13H,(H2,22,24)(H,23,26).